The molecule has 0 saturated heterocycles. The van der Waals surface area contributed by atoms with E-state index in [9.17, 15) is 9.90 Å². The Balaban J connectivity index is 2.17. The molecule has 1 amide bonds. The number of aliphatic imine (C=N–C) groups is 1. The summed E-state index contributed by atoms with van der Waals surface area (Å²) in [5, 5.41) is 15.8. The third-order valence-corrected chi connectivity index (χ3v) is 3.64. The number of benzene rings is 1. The molecule has 0 atom stereocenters. The first-order chi connectivity index (χ1) is 12.2. The molecule has 0 radical (unpaired) electrons. The zero-order chi connectivity index (χ0) is 17.8. The Bertz CT molecular complexity index is 902. The van der Waals surface area contributed by atoms with Crippen LogP contribution in [-0.4, -0.2) is 42.2 Å². The van der Waals surface area contributed by atoms with Crippen molar-refractivity contribution in [1.82, 2.24) is 15.6 Å². The van der Waals surface area contributed by atoms with Gasteiger partial charge in [0.25, 0.3) is 5.91 Å². The second-order valence-electron chi connectivity index (χ2n) is 5.13. The maximum absolute atomic E-state index is 12.7. The summed E-state index contributed by atoms with van der Waals surface area (Å²) < 4.78 is 5.29. The van der Waals surface area contributed by atoms with Gasteiger partial charge in [-0.3, -0.25) is 20.1 Å². The largest absolute Gasteiger partial charge is 0.507 e. The number of carbonyl (C=O) groups is 1. The Morgan fingerprint density at radius 2 is 2.28 bits per heavy atom. The van der Waals surface area contributed by atoms with E-state index < -0.39 is 5.91 Å². The van der Waals surface area contributed by atoms with Crippen molar-refractivity contribution in [2.45, 2.75) is 0 Å². The monoisotopic (exact) mass is 337 g/mol. The quantitative estimate of drug-likeness (QED) is 0.740. The van der Waals surface area contributed by atoms with E-state index in [0.29, 0.717) is 30.5 Å². The molecular weight excluding hydrogens is 322 g/mol. The van der Waals surface area contributed by atoms with E-state index in [0.717, 1.165) is 0 Å². The van der Waals surface area contributed by atoms with Crippen LogP contribution in [0.1, 0.15) is 10.4 Å². The molecule has 3 rings (SSSR count). The van der Waals surface area contributed by atoms with Crippen LogP contribution in [0.15, 0.2) is 35.5 Å². The molecule has 2 heterocycles. The molecule has 2 aromatic rings. The van der Waals surface area contributed by atoms with Crippen LogP contribution in [0.3, 0.4) is 0 Å². The van der Waals surface area contributed by atoms with Crippen molar-refractivity contribution in [2.75, 3.05) is 20.2 Å². The molecule has 1 aromatic carbocycles. The zero-order valence-corrected chi connectivity index (χ0v) is 13.4. The van der Waals surface area contributed by atoms with Crippen LogP contribution in [0.5, 0.6) is 11.5 Å². The van der Waals surface area contributed by atoms with Gasteiger partial charge in [-0.15, -0.1) is 0 Å². The predicted molar refractivity (Wildman–Crippen MR) is 91.9 cm³/mol. The van der Waals surface area contributed by atoms with E-state index in [1.165, 1.54) is 25.4 Å². The predicted octanol–water partition coefficient (Wildman–Crippen LogP) is 1.70. The van der Waals surface area contributed by atoms with E-state index in [1.54, 1.807) is 12.1 Å². The second-order valence-corrected chi connectivity index (χ2v) is 5.13. The van der Waals surface area contributed by atoms with Gasteiger partial charge in [0.2, 0.25) is 0 Å². The highest BCUT2D eigenvalue weighted by atomic mass is 16.5. The highest BCUT2D eigenvalue weighted by Crippen LogP contribution is 2.41. The van der Waals surface area contributed by atoms with Gasteiger partial charge < -0.3 is 15.2 Å². The van der Waals surface area contributed by atoms with E-state index in [1.807, 2.05) is 0 Å². The van der Waals surface area contributed by atoms with Crippen LogP contribution in [0.25, 0.3) is 16.1 Å². The number of hydrogen-bond donors (Lipinski definition) is 3. The fraction of sp³-hybridized carbons (Fsp3) is 0.176. The molecule has 0 unspecified atom stereocenters. The molecule has 126 valence electrons. The molecular formula is C17H15N5O3. The number of hydrogen-bond acceptors (Lipinski definition) is 6. The number of pyridine rings is 1. The number of guanidine groups is 1. The van der Waals surface area contributed by atoms with Crippen LogP contribution in [-0.2, 0) is 0 Å². The molecule has 0 aliphatic carbocycles. The van der Waals surface area contributed by atoms with Gasteiger partial charge in [0.15, 0.2) is 11.6 Å². The van der Waals surface area contributed by atoms with Gasteiger partial charge in [-0.2, -0.15) is 0 Å². The van der Waals surface area contributed by atoms with Gasteiger partial charge in [0, 0.05) is 18.3 Å². The van der Waals surface area contributed by atoms with Crippen LogP contribution in [0.2, 0.25) is 0 Å². The summed E-state index contributed by atoms with van der Waals surface area (Å²) in [6.45, 7) is 8.59. The van der Waals surface area contributed by atoms with Crippen molar-refractivity contribution in [2.24, 2.45) is 4.99 Å². The normalized spacial score (nSPS) is 12.7. The lowest BCUT2D eigenvalue weighted by Crippen LogP contribution is -2.38. The summed E-state index contributed by atoms with van der Waals surface area (Å²) in [4.78, 5) is 24.5. The fourth-order valence-corrected chi connectivity index (χ4v) is 2.54. The Morgan fingerprint density at radius 3 is 2.96 bits per heavy atom. The van der Waals surface area contributed by atoms with Gasteiger partial charge in [-0.05, 0) is 18.2 Å². The van der Waals surface area contributed by atoms with E-state index in [4.69, 9.17) is 11.3 Å². The molecule has 0 saturated carbocycles. The molecule has 3 N–H and O–H groups in total. The second kappa shape index (κ2) is 6.88. The van der Waals surface area contributed by atoms with Crippen LogP contribution >= 0.6 is 0 Å². The number of ether oxygens (including phenoxy) is 1. The Hall–Kier alpha value is -3.60. The smallest absolute Gasteiger partial charge is 0.261 e. The molecule has 1 aromatic heterocycles. The van der Waals surface area contributed by atoms with Crippen LogP contribution in [0, 0.1) is 6.57 Å². The summed E-state index contributed by atoms with van der Waals surface area (Å²) >= 11 is 0. The topological polar surface area (TPSA) is 100 Å². The van der Waals surface area contributed by atoms with Crippen molar-refractivity contribution in [3.05, 3.63) is 47.4 Å². The number of rotatable bonds is 3. The molecule has 0 fully saturated rings. The highest BCUT2D eigenvalue weighted by molar-refractivity contribution is 6.12. The lowest BCUT2D eigenvalue weighted by molar-refractivity contribution is 0.0974. The van der Waals surface area contributed by atoms with E-state index in [2.05, 4.69) is 25.5 Å². The third kappa shape index (κ3) is 3.07. The number of aromatic hydroxyl groups is 1. The third-order valence-electron chi connectivity index (χ3n) is 3.64. The minimum Gasteiger partial charge on any atom is -0.507 e. The minimum atomic E-state index is -0.584. The van der Waals surface area contributed by atoms with Gasteiger partial charge in [0.1, 0.15) is 17.2 Å². The average Bonchev–Trinajstić information content (AvgIpc) is 3.14. The first-order valence-electron chi connectivity index (χ1n) is 7.48. The first-order valence-corrected chi connectivity index (χ1v) is 7.48. The number of phenolic OH excluding ortho intramolecular Hbond substituents is 1. The van der Waals surface area contributed by atoms with Gasteiger partial charge in [0.05, 0.1) is 25.8 Å². The van der Waals surface area contributed by atoms with Gasteiger partial charge in [-0.25, -0.2) is 4.85 Å². The average molecular weight is 337 g/mol. The summed E-state index contributed by atoms with van der Waals surface area (Å²) in [5.41, 5.74) is 0.644. The number of carbonyl (C=O) groups excluding carboxylic acids is 1. The van der Waals surface area contributed by atoms with Crippen molar-refractivity contribution in [3.8, 4) is 22.8 Å². The van der Waals surface area contributed by atoms with E-state index >= 15 is 0 Å². The first kappa shape index (κ1) is 16.3. The molecule has 25 heavy (non-hydrogen) atoms. The summed E-state index contributed by atoms with van der Waals surface area (Å²) in [7, 11) is 1.47. The van der Waals surface area contributed by atoms with Crippen LogP contribution in [0.4, 0.5) is 5.69 Å². The van der Waals surface area contributed by atoms with Crippen LogP contribution < -0.4 is 15.4 Å². The number of amides is 1. The Kier molecular flexibility index (Phi) is 4.48. The SMILES string of the molecule is [C-]#[N+]c1ccc(O)c(C(=O)NC2=NCCN2)c1-c1ncccc1OC. The van der Waals surface area contributed by atoms with Gasteiger partial charge >= 0.3 is 0 Å². The maximum Gasteiger partial charge on any atom is 0.261 e. The highest BCUT2D eigenvalue weighted by Gasteiger charge is 2.25. The summed E-state index contributed by atoms with van der Waals surface area (Å²) in [5.74, 6) is -0.120. The number of nitrogens with zero attached hydrogens (tertiary/aromatic N) is 3. The molecule has 8 heteroatoms. The number of methoxy groups -OCH3 is 1. The lowest BCUT2D eigenvalue weighted by atomic mass is 9.99. The molecule has 1 aliphatic heterocycles. The standard InChI is InChI=1S/C17H15N5O3/c1-18-10-5-6-11(23)14(16(24)22-17-20-8-9-21-17)13(10)15-12(25-2)4-3-7-19-15/h3-7,23H,8-9H2,2H3,(H2,20,21,22,24). The molecule has 0 bridgehead atoms. The van der Waals surface area contributed by atoms with E-state index in [-0.39, 0.29) is 22.6 Å². The fourth-order valence-electron chi connectivity index (χ4n) is 2.54. The van der Waals surface area contributed by atoms with Gasteiger partial charge in [-0.1, -0.05) is 6.07 Å². The minimum absolute atomic E-state index is 0.0538. The number of aromatic nitrogens is 1. The summed E-state index contributed by atoms with van der Waals surface area (Å²) in [6.07, 6.45) is 1.53. The zero-order valence-electron chi connectivity index (χ0n) is 13.4. The molecule has 0 spiro atoms. The van der Waals surface area contributed by atoms with Crippen molar-refractivity contribution in [1.29, 1.82) is 0 Å². The number of phenols is 1. The Labute approximate surface area is 144 Å². The Morgan fingerprint density at radius 1 is 1.44 bits per heavy atom. The lowest BCUT2D eigenvalue weighted by Gasteiger charge is -2.15. The van der Waals surface area contributed by atoms with Crippen molar-refractivity contribution < 1.29 is 14.6 Å². The van der Waals surface area contributed by atoms with Crippen molar-refractivity contribution in [3.63, 3.8) is 0 Å². The molecule has 1 aliphatic rings. The summed E-state index contributed by atoms with van der Waals surface area (Å²) in [6, 6.07) is 6.10. The number of nitrogens with one attached hydrogen (secondary N) is 2. The van der Waals surface area contributed by atoms with Crippen molar-refractivity contribution >= 4 is 17.6 Å². The molecule has 8 nitrogen and oxygen atoms in total. The maximum atomic E-state index is 12.7.